The molecule has 0 unspecified atom stereocenters. The van der Waals surface area contributed by atoms with Crippen molar-refractivity contribution in [3.63, 3.8) is 0 Å². The number of aromatic nitrogens is 1. The summed E-state index contributed by atoms with van der Waals surface area (Å²) in [7, 11) is 0. The zero-order chi connectivity index (χ0) is 13.8. The Hall–Kier alpha value is -1.85. The van der Waals surface area contributed by atoms with Gasteiger partial charge in [0.2, 0.25) is 0 Å². The first-order valence-corrected chi connectivity index (χ1v) is 6.89. The second-order valence-corrected chi connectivity index (χ2v) is 4.93. The van der Waals surface area contributed by atoms with E-state index in [9.17, 15) is 4.79 Å². The average molecular weight is 308 g/mol. The maximum Gasteiger partial charge on any atom is 0.287 e. The van der Waals surface area contributed by atoms with Crippen LogP contribution in [0.25, 0.3) is 0 Å². The summed E-state index contributed by atoms with van der Waals surface area (Å²) in [4.78, 5) is 12.1. The highest BCUT2D eigenvalue weighted by atomic mass is 35.5. The Kier molecular flexibility index (Phi) is 5.36. The highest BCUT2D eigenvalue weighted by Gasteiger charge is 2.23. The largest absolute Gasteiger partial charge is 0.360 e. The number of benzene rings is 1. The highest BCUT2D eigenvalue weighted by Crippen LogP contribution is 2.23. The van der Waals surface area contributed by atoms with E-state index in [1.807, 2.05) is 30.3 Å². The minimum absolute atomic E-state index is 0. The molecule has 2 N–H and O–H groups in total. The van der Waals surface area contributed by atoms with E-state index in [0.29, 0.717) is 12.2 Å². The summed E-state index contributed by atoms with van der Waals surface area (Å²) >= 11 is 0. The van der Waals surface area contributed by atoms with Crippen molar-refractivity contribution in [3.05, 3.63) is 52.9 Å². The molecule has 3 rings (SSSR count). The van der Waals surface area contributed by atoms with Crippen molar-refractivity contribution < 1.29 is 9.32 Å². The van der Waals surface area contributed by atoms with Gasteiger partial charge < -0.3 is 4.52 Å². The molecule has 1 aromatic carbocycles. The van der Waals surface area contributed by atoms with Crippen LogP contribution in [0.15, 0.2) is 34.9 Å². The van der Waals surface area contributed by atoms with E-state index in [0.717, 1.165) is 42.6 Å². The van der Waals surface area contributed by atoms with Gasteiger partial charge in [-0.1, -0.05) is 35.5 Å². The number of nitrogens with zero attached hydrogens (tertiary/aromatic N) is 1. The molecule has 0 aliphatic heterocycles. The van der Waals surface area contributed by atoms with Gasteiger partial charge in [-0.3, -0.25) is 10.2 Å². The standard InChI is InChI=1S/C15H17N3O2.ClH/c19-15(17-16-10-11-6-2-1-3-7-11)14-12-8-4-5-9-13(12)20-18-14;/h1-3,6-7,16H,4-5,8-10H2,(H,17,19);1H. The fourth-order valence-corrected chi connectivity index (χ4v) is 2.44. The third kappa shape index (κ3) is 3.62. The Morgan fingerprint density at radius 1 is 1.19 bits per heavy atom. The van der Waals surface area contributed by atoms with Crippen LogP contribution < -0.4 is 10.9 Å². The molecule has 0 radical (unpaired) electrons. The lowest BCUT2D eigenvalue weighted by Crippen LogP contribution is -2.37. The average Bonchev–Trinajstić information content (AvgIpc) is 2.92. The number of hydrogen-bond donors (Lipinski definition) is 2. The summed E-state index contributed by atoms with van der Waals surface area (Å²) in [6.45, 7) is 0.576. The lowest BCUT2D eigenvalue weighted by molar-refractivity contribution is 0.0922. The van der Waals surface area contributed by atoms with Gasteiger partial charge in [0, 0.05) is 18.5 Å². The fourth-order valence-electron chi connectivity index (χ4n) is 2.44. The van der Waals surface area contributed by atoms with Gasteiger partial charge in [0.1, 0.15) is 5.76 Å². The molecule has 6 heteroatoms. The number of nitrogens with one attached hydrogen (secondary N) is 2. The van der Waals surface area contributed by atoms with Crippen molar-refractivity contribution in [1.82, 2.24) is 16.0 Å². The second-order valence-electron chi connectivity index (χ2n) is 4.93. The van der Waals surface area contributed by atoms with Crippen LogP contribution in [0.3, 0.4) is 0 Å². The molecule has 1 amide bonds. The minimum Gasteiger partial charge on any atom is -0.360 e. The minimum atomic E-state index is -0.229. The molecule has 1 heterocycles. The summed E-state index contributed by atoms with van der Waals surface area (Å²) < 4.78 is 5.23. The molecule has 0 bridgehead atoms. The van der Waals surface area contributed by atoms with Gasteiger partial charge in [-0.2, -0.15) is 0 Å². The molecular formula is C15H18ClN3O2. The van der Waals surface area contributed by atoms with Crippen LogP contribution in [0.4, 0.5) is 0 Å². The van der Waals surface area contributed by atoms with Crippen LogP contribution in [-0.4, -0.2) is 11.1 Å². The van der Waals surface area contributed by atoms with E-state index in [-0.39, 0.29) is 18.3 Å². The van der Waals surface area contributed by atoms with Crippen LogP contribution in [-0.2, 0) is 19.4 Å². The third-order valence-electron chi connectivity index (χ3n) is 3.50. The van der Waals surface area contributed by atoms with Crippen LogP contribution in [0, 0.1) is 0 Å². The van der Waals surface area contributed by atoms with Crippen molar-refractivity contribution in [3.8, 4) is 0 Å². The lowest BCUT2D eigenvalue weighted by atomic mass is 9.96. The zero-order valence-corrected chi connectivity index (χ0v) is 12.4. The maximum absolute atomic E-state index is 12.1. The molecule has 112 valence electrons. The molecule has 21 heavy (non-hydrogen) atoms. The normalized spacial score (nSPS) is 13.1. The number of amides is 1. The van der Waals surface area contributed by atoms with Gasteiger partial charge in [0.25, 0.3) is 5.91 Å². The number of carbonyl (C=O) groups excluding carboxylic acids is 1. The monoisotopic (exact) mass is 307 g/mol. The van der Waals surface area contributed by atoms with Crippen molar-refractivity contribution in [2.75, 3.05) is 0 Å². The van der Waals surface area contributed by atoms with Crippen LogP contribution in [0.2, 0.25) is 0 Å². The van der Waals surface area contributed by atoms with E-state index in [2.05, 4.69) is 16.0 Å². The third-order valence-corrected chi connectivity index (χ3v) is 3.50. The summed E-state index contributed by atoms with van der Waals surface area (Å²) in [5, 5.41) is 3.90. The van der Waals surface area contributed by atoms with Crippen LogP contribution in [0.1, 0.15) is 40.2 Å². The van der Waals surface area contributed by atoms with E-state index < -0.39 is 0 Å². The Morgan fingerprint density at radius 2 is 1.95 bits per heavy atom. The Morgan fingerprint density at radius 3 is 2.76 bits per heavy atom. The van der Waals surface area contributed by atoms with E-state index >= 15 is 0 Å². The number of halogens is 1. The first kappa shape index (κ1) is 15.5. The Bertz CT molecular complexity index is 598. The van der Waals surface area contributed by atoms with Crippen molar-refractivity contribution in [2.45, 2.75) is 32.2 Å². The lowest BCUT2D eigenvalue weighted by Gasteiger charge is -2.10. The highest BCUT2D eigenvalue weighted by molar-refractivity contribution is 5.93. The summed E-state index contributed by atoms with van der Waals surface area (Å²) in [6.07, 6.45) is 3.95. The SMILES string of the molecule is Cl.O=C(NNCc1ccccc1)c1noc2c1CCCC2. The quantitative estimate of drug-likeness (QED) is 0.851. The van der Waals surface area contributed by atoms with Gasteiger partial charge in [0.15, 0.2) is 5.69 Å². The summed E-state index contributed by atoms with van der Waals surface area (Å²) in [5.74, 6) is 0.636. The molecule has 1 aromatic heterocycles. The number of hydrazine groups is 1. The number of carbonyl (C=O) groups is 1. The number of rotatable bonds is 4. The van der Waals surface area contributed by atoms with Crippen LogP contribution in [0.5, 0.6) is 0 Å². The van der Waals surface area contributed by atoms with Crippen LogP contribution >= 0.6 is 12.4 Å². The van der Waals surface area contributed by atoms with Gasteiger partial charge in [0.05, 0.1) is 0 Å². The zero-order valence-electron chi connectivity index (χ0n) is 11.6. The van der Waals surface area contributed by atoms with E-state index in [1.165, 1.54) is 0 Å². The van der Waals surface area contributed by atoms with Gasteiger partial charge in [-0.25, -0.2) is 5.43 Å². The predicted molar refractivity (Wildman–Crippen MR) is 81.1 cm³/mol. The molecule has 0 saturated heterocycles. The molecule has 0 fully saturated rings. The summed E-state index contributed by atoms with van der Waals surface area (Å²) in [5.41, 5.74) is 8.08. The number of aryl methyl sites for hydroxylation is 1. The number of fused-ring (bicyclic) bond motifs is 1. The fraction of sp³-hybridized carbons (Fsp3) is 0.333. The van der Waals surface area contributed by atoms with Crippen molar-refractivity contribution in [2.24, 2.45) is 0 Å². The molecular weight excluding hydrogens is 290 g/mol. The predicted octanol–water partition coefficient (Wildman–Crippen LogP) is 2.41. The smallest absolute Gasteiger partial charge is 0.287 e. The van der Waals surface area contributed by atoms with Crippen molar-refractivity contribution in [1.29, 1.82) is 0 Å². The van der Waals surface area contributed by atoms with Crippen molar-refractivity contribution >= 4 is 18.3 Å². The maximum atomic E-state index is 12.1. The molecule has 0 atom stereocenters. The van der Waals surface area contributed by atoms with E-state index in [4.69, 9.17) is 4.52 Å². The molecule has 1 aliphatic rings. The Balaban J connectivity index is 0.00000161. The molecule has 0 saturated carbocycles. The molecule has 1 aliphatic carbocycles. The molecule has 5 nitrogen and oxygen atoms in total. The summed E-state index contributed by atoms with van der Waals surface area (Å²) in [6, 6.07) is 9.89. The van der Waals surface area contributed by atoms with Gasteiger partial charge >= 0.3 is 0 Å². The van der Waals surface area contributed by atoms with Gasteiger partial charge in [-0.05, 0) is 24.8 Å². The molecule has 2 aromatic rings. The first-order valence-electron chi connectivity index (χ1n) is 6.89. The topological polar surface area (TPSA) is 67.2 Å². The Labute approximate surface area is 129 Å². The second kappa shape index (κ2) is 7.24. The number of hydrogen-bond acceptors (Lipinski definition) is 4. The molecule has 0 spiro atoms. The van der Waals surface area contributed by atoms with E-state index in [1.54, 1.807) is 0 Å². The van der Waals surface area contributed by atoms with Gasteiger partial charge in [-0.15, -0.1) is 12.4 Å². The first-order chi connectivity index (χ1) is 9.84.